The molecule has 0 atom stereocenters. The van der Waals surface area contributed by atoms with Crippen LogP contribution in [0.25, 0.3) is 0 Å². The van der Waals surface area contributed by atoms with Gasteiger partial charge in [0.25, 0.3) is 5.54 Å². The van der Waals surface area contributed by atoms with Crippen LogP contribution in [0.5, 0.6) is 0 Å². The third-order valence-corrected chi connectivity index (χ3v) is 1.61. The van der Waals surface area contributed by atoms with Crippen LogP contribution >= 0.6 is 0 Å². The molecule has 0 rings (SSSR count). The van der Waals surface area contributed by atoms with E-state index in [2.05, 4.69) is 9.47 Å². The molecule has 0 N–H and O–H groups in total. The highest BCUT2D eigenvalue weighted by atomic mass is 16.6. The summed E-state index contributed by atoms with van der Waals surface area (Å²) in [7, 11) is 0. The summed E-state index contributed by atoms with van der Waals surface area (Å²) >= 11 is 0. The number of rotatable bonds is 5. The second-order valence-corrected chi connectivity index (χ2v) is 3.31. The first kappa shape index (κ1) is 13.3. The summed E-state index contributed by atoms with van der Waals surface area (Å²) < 4.78 is 9.06. The van der Waals surface area contributed by atoms with Gasteiger partial charge in [0.15, 0.2) is 13.2 Å². The van der Waals surface area contributed by atoms with Gasteiger partial charge in [0, 0.05) is 25.7 Å². The standard InChI is InChI=1S/C8H13NO6/c1-6(10)14-4-8(3,9(12)13)5-15-7(2)11/h4-5H2,1-3H3. The lowest BCUT2D eigenvalue weighted by molar-refractivity contribution is -0.571. The molecule has 7 nitrogen and oxygen atoms in total. The van der Waals surface area contributed by atoms with E-state index in [4.69, 9.17) is 0 Å². The van der Waals surface area contributed by atoms with Gasteiger partial charge in [0.05, 0.1) is 0 Å². The minimum Gasteiger partial charge on any atom is -0.458 e. The summed E-state index contributed by atoms with van der Waals surface area (Å²) in [6.07, 6.45) is 0. The second-order valence-electron chi connectivity index (χ2n) is 3.31. The monoisotopic (exact) mass is 219 g/mol. The van der Waals surface area contributed by atoms with E-state index in [1.807, 2.05) is 0 Å². The first-order chi connectivity index (χ1) is 6.78. The maximum Gasteiger partial charge on any atom is 0.302 e. The fourth-order valence-corrected chi connectivity index (χ4v) is 0.661. The molecule has 0 aliphatic carbocycles. The Labute approximate surface area is 86.5 Å². The summed E-state index contributed by atoms with van der Waals surface area (Å²) in [6, 6.07) is 0. The van der Waals surface area contributed by atoms with Gasteiger partial charge in [-0.15, -0.1) is 0 Å². The molecule has 7 heteroatoms. The van der Waals surface area contributed by atoms with Gasteiger partial charge in [-0.1, -0.05) is 0 Å². The van der Waals surface area contributed by atoms with Gasteiger partial charge in [-0.25, -0.2) is 0 Å². The molecule has 0 heterocycles. The minimum atomic E-state index is -1.60. The molecule has 0 amide bonds. The fourth-order valence-electron chi connectivity index (χ4n) is 0.661. The van der Waals surface area contributed by atoms with Crippen LogP contribution in [0.15, 0.2) is 0 Å². The maximum absolute atomic E-state index is 10.7. The first-order valence-corrected chi connectivity index (χ1v) is 4.19. The van der Waals surface area contributed by atoms with E-state index in [1.54, 1.807) is 0 Å². The second kappa shape index (κ2) is 5.28. The number of hydrogen-bond acceptors (Lipinski definition) is 6. The Bertz CT molecular complexity index is 256. The Morgan fingerprint density at radius 1 is 1.20 bits per heavy atom. The molecule has 0 aromatic carbocycles. The summed E-state index contributed by atoms with van der Waals surface area (Å²) in [5, 5.41) is 10.7. The van der Waals surface area contributed by atoms with Gasteiger partial charge in [-0.3, -0.25) is 19.7 Å². The van der Waals surface area contributed by atoms with E-state index in [-0.39, 0.29) is 0 Å². The average molecular weight is 219 g/mol. The van der Waals surface area contributed by atoms with Crippen molar-refractivity contribution in [3.8, 4) is 0 Å². The molecule has 0 fully saturated rings. The van der Waals surface area contributed by atoms with E-state index < -0.39 is 35.6 Å². The lowest BCUT2D eigenvalue weighted by Crippen LogP contribution is -2.45. The smallest absolute Gasteiger partial charge is 0.302 e. The van der Waals surface area contributed by atoms with E-state index in [0.717, 1.165) is 13.8 Å². The van der Waals surface area contributed by atoms with Crippen molar-refractivity contribution in [1.82, 2.24) is 0 Å². The molecule has 0 aromatic rings. The van der Waals surface area contributed by atoms with Crippen molar-refractivity contribution >= 4 is 11.9 Å². The number of esters is 2. The topological polar surface area (TPSA) is 95.7 Å². The molecule has 15 heavy (non-hydrogen) atoms. The molecule has 0 saturated carbocycles. The SMILES string of the molecule is CC(=O)OCC(C)(COC(C)=O)[N+](=O)[O-]. The quantitative estimate of drug-likeness (QED) is 0.371. The van der Waals surface area contributed by atoms with E-state index in [9.17, 15) is 19.7 Å². The highest BCUT2D eigenvalue weighted by molar-refractivity contribution is 5.66. The average Bonchev–Trinajstić information content (AvgIpc) is 2.11. The van der Waals surface area contributed by atoms with Crippen LogP contribution in [0.4, 0.5) is 0 Å². The first-order valence-electron chi connectivity index (χ1n) is 4.19. The number of hydrogen-bond donors (Lipinski definition) is 0. The molecule has 86 valence electrons. The van der Waals surface area contributed by atoms with Crippen LogP contribution in [0.2, 0.25) is 0 Å². The third kappa shape index (κ3) is 4.94. The van der Waals surface area contributed by atoms with Crippen LogP contribution in [0.3, 0.4) is 0 Å². The van der Waals surface area contributed by atoms with E-state index >= 15 is 0 Å². The van der Waals surface area contributed by atoms with Crippen molar-refractivity contribution in [2.24, 2.45) is 0 Å². The molecule has 0 spiro atoms. The number of carbonyl (C=O) groups is 2. The summed E-state index contributed by atoms with van der Waals surface area (Å²) in [5.74, 6) is -1.24. The van der Waals surface area contributed by atoms with Gasteiger partial charge in [0.1, 0.15) is 0 Å². The number of ether oxygens (including phenoxy) is 2. The molecule has 0 bridgehead atoms. The van der Waals surface area contributed by atoms with Gasteiger partial charge in [0.2, 0.25) is 0 Å². The molecular weight excluding hydrogens is 206 g/mol. The zero-order chi connectivity index (χ0) is 12.1. The van der Waals surface area contributed by atoms with Gasteiger partial charge in [-0.2, -0.15) is 0 Å². The van der Waals surface area contributed by atoms with Gasteiger partial charge >= 0.3 is 11.9 Å². The van der Waals surface area contributed by atoms with Crippen LogP contribution in [0.1, 0.15) is 20.8 Å². The maximum atomic E-state index is 10.7. The Morgan fingerprint density at radius 2 is 1.53 bits per heavy atom. The third-order valence-electron chi connectivity index (χ3n) is 1.61. The van der Waals surface area contributed by atoms with Gasteiger partial charge in [-0.05, 0) is 0 Å². The van der Waals surface area contributed by atoms with Crippen molar-refractivity contribution in [3.63, 3.8) is 0 Å². The Balaban J connectivity index is 4.38. The zero-order valence-electron chi connectivity index (χ0n) is 8.81. The highest BCUT2D eigenvalue weighted by Gasteiger charge is 2.40. The Morgan fingerprint density at radius 3 is 1.73 bits per heavy atom. The molecule has 0 unspecified atom stereocenters. The van der Waals surface area contributed by atoms with E-state index in [0.29, 0.717) is 0 Å². The van der Waals surface area contributed by atoms with Crippen molar-refractivity contribution in [3.05, 3.63) is 10.1 Å². The molecule has 0 radical (unpaired) electrons. The van der Waals surface area contributed by atoms with Crippen molar-refractivity contribution in [2.45, 2.75) is 26.3 Å². The van der Waals surface area contributed by atoms with Crippen LogP contribution in [0, 0.1) is 10.1 Å². The van der Waals surface area contributed by atoms with Crippen molar-refractivity contribution in [1.29, 1.82) is 0 Å². The highest BCUT2D eigenvalue weighted by Crippen LogP contribution is 2.10. The number of nitro groups is 1. The predicted octanol–water partition coefficient (Wildman–Crippen LogP) is 0.148. The summed E-state index contributed by atoms with van der Waals surface area (Å²) in [4.78, 5) is 31.0. The van der Waals surface area contributed by atoms with Crippen LogP contribution in [-0.2, 0) is 19.1 Å². The normalized spacial score (nSPS) is 10.6. The van der Waals surface area contributed by atoms with Crippen molar-refractivity contribution in [2.75, 3.05) is 13.2 Å². The van der Waals surface area contributed by atoms with Crippen molar-refractivity contribution < 1.29 is 24.0 Å². The van der Waals surface area contributed by atoms with Crippen LogP contribution < -0.4 is 0 Å². The van der Waals surface area contributed by atoms with Gasteiger partial charge < -0.3 is 9.47 Å². The molecule has 0 saturated heterocycles. The largest absolute Gasteiger partial charge is 0.458 e. The predicted molar refractivity (Wildman–Crippen MR) is 48.7 cm³/mol. The lowest BCUT2D eigenvalue weighted by atomic mass is 10.1. The lowest BCUT2D eigenvalue weighted by Gasteiger charge is -2.19. The number of carbonyl (C=O) groups excluding carboxylic acids is 2. The zero-order valence-corrected chi connectivity index (χ0v) is 8.81. The molecule has 0 aromatic heterocycles. The fraction of sp³-hybridized carbons (Fsp3) is 0.750. The minimum absolute atomic E-state index is 0.428. The molecular formula is C8H13NO6. The molecule has 0 aliphatic rings. The molecule has 0 aliphatic heterocycles. The summed E-state index contributed by atoms with van der Waals surface area (Å²) in [5.41, 5.74) is -1.60. The summed E-state index contributed by atoms with van der Waals surface area (Å²) in [6.45, 7) is 2.67. The Hall–Kier alpha value is -1.66. The number of nitrogens with zero attached hydrogens (tertiary/aromatic N) is 1. The van der Waals surface area contributed by atoms with E-state index in [1.165, 1.54) is 6.92 Å². The Kier molecular flexibility index (Phi) is 4.69. The van der Waals surface area contributed by atoms with Crippen LogP contribution in [-0.4, -0.2) is 35.6 Å².